The molecular weight excluding hydrogens is 248 g/mol. The highest BCUT2D eigenvalue weighted by Gasteiger charge is 2.27. The van der Waals surface area contributed by atoms with E-state index in [9.17, 15) is 18.0 Å². The molecule has 4 N–H and O–H groups in total. The maximum absolute atomic E-state index is 11.5. The summed E-state index contributed by atoms with van der Waals surface area (Å²) in [6.07, 6.45) is 0.609. The summed E-state index contributed by atoms with van der Waals surface area (Å²) in [6.45, 7) is 0. The van der Waals surface area contributed by atoms with Gasteiger partial charge in [0.15, 0.2) is 9.84 Å². The van der Waals surface area contributed by atoms with Gasteiger partial charge in [0.1, 0.15) is 0 Å². The lowest BCUT2D eigenvalue weighted by Crippen LogP contribution is -2.49. The second-order valence-electron chi connectivity index (χ2n) is 4.17. The molecule has 0 bridgehead atoms. The third kappa shape index (κ3) is 4.70. The van der Waals surface area contributed by atoms with Gasteiger partial charge >= 0.3 is 5.97 Å². The molecule has 1 rings (SSSR count). The van der Waals surface area contributed by atoms with Gasteiger partial charge in [0.05, 0.1) is 24.0 Å². The molecule has 7 nitrogen and oxygen atoms in total. The monoisotopic (exact) mass is 264 g/mol. The number of hydrogen-bond donors (Lipinski definition) is 3. The summed E-state index contributed by atoms with van der Waals surface area (Å²) in [5, 5.41) is 10.9. The molecule has 98 valence electrons. The van der Waals surface area contributed by atoms with Gasteiger partial charge in [0.25, 0.3) is 0 Å². The van der Waals surface area contributed by atoms with E-state index in [2.05, 4.69) is 5.32 Å². The summed E-state index contributed by atoms with van der Waals surface area (Å²) < 4.78 is 22.6. The number of aliphatic carboxylic acids is 1. The van der Waals surface area contributed by atoms with Crippen molar-refractivity contribution in [3.8, 4) is 0 Å². The van der Waals surface area contributed by atoms with E-state index in [1.165, 1.54) is 0 Å². The second kappa shape index (κ2) is 5.46. The molecule has 0 aliphatic carbocycles. The quantitative estimate of drug-likeness (QED) is 0.566. The highest BCUT2D eigenvalue weighted by molar-refractivity contribution is 7.91. The maximum Gasteiger partial charge on any atom is 0.305 e. The van der Waals surface area contributed by atoms with Crippen molar-refractivity contribution in [3.63, 3.8) is 0 Å². The Morgan fingerprint density at radius 3 is 2.65 bits per heavy atom. The SMILES string of the molecule is NC(CC(=O)O)C(=O)NC1CCCS(=O)(=O)C1. The van der Waals surface area contributed by atoms with Gasteiger partial charge in [0, 0.05) is 6.04 Å². The van der Waals surface area contributed by atoms with Gasteiger partial charge in [0.2, 0.25) is 5.91 Å². The minimum absolute atomic E-state index is 0.0987. The molecule has 0 aromatic rings. The number of hydrogen-bond acceptors (Lipinski definition) is 5. The van der Waals surface area contributed by atoms with E-state index in [0.717, 1.165) is 0 Å². The van der Waals surface area contributed by atoms with Crippen molar-refractivity contribution in [2.45, 2.75) is 31.3 Å². The van der Waals surface area contributed by atoms with E-state index < -0.39 is 40.2 Å². The second-order valence-corrected chi connectivity index (χ2v) is 6.40. The first-order valence-corrected chi connectivity index (χ1v) is 7.10. The third-order valence-corrected chi connectivity index (χ3v) is 4.36. The summed E-state index contributed by atoms with van der Waals surface area (Å²) in [5.41, 5.74) is 5.36. The Morgan fingerprint density at radius 2 is 2.12 bits per heavy atom. The summed E-state index contributed by atoms with van der Waals surface area (Å²) in [6, 6.07) is -1.60. The first-order valence-electron chi connectivity index (χ1n) is 5.28. The zero-order valence-electron chi connectivity index (χ0n) is 9.26. The molecule has 1 heterocycles. The van der Waals surface area contributed by atoms with Crippen LogP contribution in [0.4, 0.5) is 0 Å². The number of nitrogens with two attached hydrogens (primary N) is 1. The maximum atomic E-state index is 11.5. The van der Waals surface area contributed by atoms with Crippen LogP contribution in [0.3, 0.4) is 0 Å². The fourth-order valence-electron chi connectivity index (χ4n) is 1.73. The van der Waals surface area contributed by atoms with Crippen molar-refractivity contribution >= 4 is 21.7 Å². The predicted octanol–water partition coefficient (Wildman–Crippen LogP) is -1.52. The van der Waals surface area contributed by atoms with Crippen molar-refractivity contribution in [2.75, 3.05) is 11.5 Å². The van der Waals surface area contributed by atoms with Crippen LogP contribution < -0.4 is 11.1 Å². The molecule has 1 amide bonds. The number of carbonyl (C=O) groups excluding carboxylic acids is 1. The van der Waals surface area contributed by atoms with Crippen LogP contribution in [0, 0.1) is 0 Å². The first-order chi connectivity index (χ1) is 7.80. The van der Waals surface area contributed by atoms with Crippen LogP contribution in [0.2, 0.25) is 0 Å². The van der Waals surface area contributed by atoms with Gasteiger partial charge in [-0.15, -0.1) is 0 Å². The molecule has 2 atom stereocenters. The Balaban J connectivity index is 2.48. The van der Waals surface area contributed by atoms with Crippen molar-refractivity contribution in [3.05, 3.63) is 0 Å². The molecule has 0 radical (unpaired) electrons. The summed E-state index contributed by atoms with van der Waals surface area (Å²) in [4.78, 5) is 21.8. The molecule has 0 aromatic heterocycles. The van der Waals surface area contributed by atoms with E-state index in [1.807, 2.05) is 0 Å². The van der Waals surface area contributed by atoms with Crippen molar-refractivity contribution in [2.24, 2.45) is 5.73 Å². The van der Waals surface area contributed by atoms with Crippen LogP contribution >= 0.6 is 0 Å². The lowest BCUT2D eigenvalue weighted by atomic mass is 10.1. The van der Waals surface area contributed by atoms with Gasteiger partial charge in [-0.2, -0.15) is 0 Å². The van der Waals surface area contributed by atoms with Crippen molar-refractivity contribution < 1.29 is 23.1 Å². The molecule has 1 saturated heterocycles. The fourth-order valence-corrected chi connectivity index (χ4v) is 3.36. The van der Waals surface area contributed by atoms with Gasteiger partial charge in [-0.05, 0) is 12.8 Å². The zero-order valence-corrected chi connectivity index (χ0v) is 10.1. The normalized spacial score (nSPS) is 24.9. The Labute approximate surface area is 99.3 Å². The minimum atomic E-state index is -3.10. The van der Waals surface area contributed by atoms with Crippen molar-refractivity contribution in [1.82, 2.24) is 5.32 Å². The van der Waals surface area contributed by atoms with Crippen LogP contribution in [0.25, 0.3) is 0 Å². The first kappa shape index (κ1) is 13.9. The van der Waals surface area contributed by atoms with Gasteiger partial charge in [-0.3, -0.25) is 9.59 Å². The summed E-state index contributed by atoms with van der Waals surface area (Å²) in [7, 11) is -3.10. The molecule has 1 aliphatic heterocycles. The molecule has 1 fully saturated rings. The van der Waals surface area contributed by atoms with Gasteiger partial charge in [-0.25, -0.2) is 8.42 Å². The van der Waals surface area contributed by atoms with E-state index in [4.69, 9.17) is 10.8 Å². The lowest BCUT2D eigenvalue weighted by molar-refractivity contribution is -0.139. The van der Waals surface area contributed by atoms with E-state index in [-0.39, 0.29) is 11.5 Å². The average molecular weight is 264 g/mol. The number of carboxylic acid groups (broad SMARTS) is 1. The third-order valence-electron chi connectivity index (χ3n) is 2.54. The fraction of sp³-hybridized carbons (Fsp3) is 0.778. The van der Waals surface area contributed by atoms with E-state index in [0.29, 0.717) is 12.8 Å². The highest BCUT2D eigenvalue weighted by atomic mass is 32.2. The molecular formula is C9H16N2O5S. The number of carbonyl (C=O) groups is 2. The van der Waals surface area contributed by atoms with Crippen LogP contribution in [-0.4, -0.2) is 49.0 Å². The lowest BCUT2D eigenvalue weighted by Gasteiger charge is -2.24. The van der Waals surface area contributed by atoms with Crippen LogP contribution in [0.1, 0.15) is 19.3 Å². The van der Waals surface area contributed by atoms with Crippen molar-refractivity contribution in [1.29, 1.82) is 0 Å². The number of nitrogens with one attached hydrogen (secondary N) is 1. The Hall–Kier alpha value is -1.15. The largest absolute Gasteiger partial charge is 0.481 e. The number of amides is 1. The molecule has 1 aliphatic rings. The minimum Gasteiger partial charge on any atom is -0.481 e. The average Bonchev–Trinajstić information content (AvgIpc) is 2.14. The van der Waals surface area contributed by atoms with Gasteiger partial charge < -0.3 is 16.2 Å². The molecule has 17 heavy (non-hydrogen) atoms. The summed E-state index contributed by atoms with van der Waals surface area (Å²) >= 11 is 0. The number of rotatable bonds is 4. The number of sulfone groups is 1. The van der Waals surface area contributed by atoms with Gasteiger partial charge in [-0.1, -0.05) is 0 Å². The molecule has 2 unspecified atom stereocenters. The van der Waals surface area contributed by atoms with E-state index in [1.54, 1.807) is 0 Å². The Bertz CT molecular complexity index is 406. The molecule has 0 spiro atoms. The van der Waals surface area contributed by atoms with E-state index >= 15 is 0 Å². The Kier molecular flexibility index (Phi) is 4.47. The predicted molar refractivity (Wildman–Crippen MR) is 60.0 cm³/mol. The summed E-state index contributed by atoms with van der Waals surface area (Å²) in [5.74, 6) is -1.74. The topological polar surface area (TPSA) is 127 Å². The Morgan fingerprint density at radius 1 is 1.47 bits per heavy atom. The molecule has 8 heteroatoms. The highest BCUT2D eigenvalue weighted by Crippen LogP contribution is 2.12. The molecule has 0 saturated carbocycles. The molecule has 0 aromatic carbocycles. The zero-order chi connectivity index (χ0) is 13.1. The van der Waals surface area contributed by atoms with Crippen LogP contribution in [-0.2, 0) is 19.4 Å². The van der Waals surface area contributed by atoms with Crippen LogP contribution in [0.5, 0.6) is 0 Å². The number of carboxylic acids is 1. The standard InChI is InChI=1S/C9H16N2O5S/c10-7(4-8(12)13)9(14)11-6-2-1-3-17(15,16)5-6/h6-7H,1-5,10H2,(H,11,14)(H,12,13). The van der Waals surface area contributed by atoms with Crippen LogP contribution in [0.15, 0.2) is 0 Å². The smallest absolute Gasteiger partial charge is 0.305 e.